The van der Waals surface area contributed by atoms with Crippen LogP contribution in [0.25, 0.3) is 0 Å². The van der Waals surface area contributed by atoms with Crippen molar-refractivity contribution in [2.45, 2.75) is 19.8 Å². The molecule has 0 radical (unpaired) electrons. The molecule has 25 heavy (non-hydrogen) atoms. The third-order valence-electron chi connectivity index (χ3n) is 3.68. The molecule has 0 unspecified atom stereocenters. The summed E-state index contributed by atoms with van der Waals surface area (Å²) in [6.45, 7) is 1.63. The van der Waals surface area contributed by atoms with E-state index in [0.717, 1.165) is 17.5 Å². The highest BCUT2D eigenvalue weighted by molar-refractivity contribution is 6.08. The largest absolute Gasteiger partial charge is 0.300 e. The van der Waals surface area contributed by atoms with Gasteiger partial charge < -0.3 is 4.79 Å². The van der Waals surface area contributed by atoms with Crippen molar-refractivity contribution in [1.29, 1.82) is 0 Å². The summed E-state index contributed by atoms with van der Waals surface area (Å²) in [5.41, 5.74) is 2.71. The maximum absolute atomic E-state index is 11.8. The Morgan fingerprint density at radius 2 is 1.04 bits per heavy atom. The lowest BCUT2D eigenvalue weighted by atomic mass is 10.0. The van der Waals surface area contributed by atoms with Gasteiger partial charge in [0, 0.05) is 17.5 Å². The van der Waals surface area contributed by atoms with E-state index in [1.807, 2.05) is 91.0 Å². The molecular weight excluding hydrogens is 308 g/mol. The third kappa shape index (κ3) is 6.56. The van der Waals surface area contributed by atoms with E-state index >= 15 is 0 Å². The summed E-state index contributed by atoms with van der Waals surface area (Å²) in [6, 6.07) is 28.7. The van der Waals surface area contributed by atoms with E-state index in [9.17, 15) is 9.59 Å². The number of hydrogen-bond acceptors (Lipinski definition) is 2. The van der Waals surface area contributed by atoms with Crippen LogP contribution in [0.4, 0.5) is 0 Å². The summed E-state index contributed by atoms with van der Waals surface area (Å²) in [7, 11) is 0. The van der Waals surface area contributed by atoms with E-state index < -0.39 is 0 Å². The Kier molecular flexibility index (Phi) is 7.33. The summed E-state index contributed by atoms with van der Waals surface area (Å²) in [5.74, 6) is 0.333. The highest BCUT2D eigenvalue weighted by Gasteiger charge is 2.06. The fraction of sp³-hybridized carbons (Fsp3) is 0.130. The lowest BCUT2D eigenvalue weighted by molar-refractivity contribution is -0.116. The normalized spacial score (nSPS) is 9.64. The second kappa shape index (κ2) is 9.99. The Morgan fingerprint density at radius 3 is 1.44 bits per heavy atom. The number of Topliss-reactive ketones (excluding diaryl/α,β-unsaturated/α-hetero) is 1. The Balaban J connectivity index is 0.000000186. The number of benzene rings is 3. The molecular formula is C23H22O2. The van der Waals surface area contributed by atoms with Crippen molar-refractivity contribution in [2.75, 3.05) is 0 Å². The molecule has 0 N–H and O–H groups in total. The first-order valence-electron chi connectivity index (χ1n) is 8.35. The summed E-state index contributed by atoms with van der Waals surface area (Å²) in [5, 5.41) is 0. The molecule has 0 saturated carbocycles. The molecule has 126 valence electrons. The van der Waals surface area contributed by atoms with Crippen LogP contribution in [0.3, 0.4) is 0 Å². The Morgan fingerprint density at radius 1 is 0.640 bits per heavy atom. The third-order valence-corrected chi connectivity index (χ3v) is 3.68. The van der Waals surface area contributed by atoms with E-state index in [0.29, 0.717) is 6.42 Å². The molecule has 0 amide bonds. The maximum atomic E-state index is 11.8. The minimum Gasteiger partial charge on any atom is -0.300 e. The first-order valence-corrected chi connectivity index (χ1v) is 8.35. The van der Waals surface area contributed by atoms with Crippen LogP contribution in [-0.4, -0.2) is 11.6 Å². The number of carbonyl (C=O) groups is 2. The zero-order valence-corrected chi connectivity index (χ0v) is 14.4. The average Bonchev–Trinajstić information content (AvgIpc) is 2.68. The van der Waals surface area contributed by atoms with E-state index in [1.54, 1.807) is 6.92 Å². The van der Waals surface area contributed by atoms with Crippen LogP contribution in [0, 0.1) is 0 Å². The first kappa shape index (κ1) is 18.3. The van der Waals surface area contributed by atoms with Gasteiger partial charge in [0.1, 0.15) is 5.78 Å². The van der Waals surface area contributed by atoms with Crippen LogP contribution >= 0.6 is 0 Å². The fourth-order valence-corrected chi connectivity index (χ4v) is 2.31. The minimum atomic E-state index is 0.0752. The van der Waals surface area contributed by atoms with Gasteiger partial charge in [-0.2, -0.15) is 0 Å². The molecule has 0 bridgehead atoms. The van der Waals surface area contributed by atoms with Crippen molar-refractivity contribution in [3.63, 3.8) is 0 Å². The van der Waals surface area contributed by atoms with Gasteiger partial charge in [0.25, 0.3) is 0 Å². The molecule has 0 heterocycles. The van der Waals surface area contributed by atoms with Crippen molar-refractivity contribution in [2.24, 2.45) is 0 Å². The van der Waals surface area contributed by atoms with Gasteiger partial charge in [-0.1, -0.05) is 91.0 Å². The summed E-state index contributed by atoms with van der Waals surface area (Å²) < 4.78 is 0. The molecule has 0 atom stereocenters. The van der Waals surface area contributed by atoms with E-state index in [4.69, 9.17) is 0 Å². The zero-order chi connectivity index (χ0) is 17.9. The predicted molar refractivity (Wildman–Crippen MR) is 102 cm³/mol. The average molecular weight is 330 g/mol. The van der Waals surface area contributed by atoms with Crippen LogP contribution in [0.5, 0.6) is 0 Å². The number of hydrogen-bond donors (Lipinski definition) is 0. The Labute approximate surface area is 149 Å². The van der Waals surface area contributed by atoms with E-state index in [1.165, 1.54) is 5.56 Å². The smallest absolute Gasteiger partial charge is 0.193 e. The Bertz CT molecular complexity index is 737. The summed E-state index contributed by atoms with van der Waals surface area (Å²) in [6.07, 6.45) is 1.53. The maximum Gasteiger partial charge on any atom is 0.193 e. The van der Waals surface area contributed by atoms with Crippen LogP contribution in [-0.2, 0) is 11.2 Å². The quantitative estimate of drug-likeness (QED) is 0.608. The van der Waals surface area contributed by atoms with E-state index in [2.05, 4.69) is 0 Å². The van der Waals surface area contributed by atoms with Crippen molar-refractivity contribution < 1.29 is 9.59 Å². The molecule has 0 aromatic heterocycles. The first-order chi connectivity index (χ1) is 12.2. The summed E-state index contributed by atoms with van der Waals surface area (Å²) >= 11 is 0. The van der Waals surface area contributed by atoms with Gasteiger partial charge in [0.05, 0.1) is 0 Å². The lowest BCUT2D eigenvalue weighted by Crippen LogP contribution is -1.99. The molecule has 0 spiro atoms. The molecule has 3 rings (SSSR count). The van der Waals surface area contributed by atoms with Gasteiger partial charge in [-0.05, 0) is 18.9 Å². The van der Waals surface area contributed by atoms with Gasteiger partial charge in [0.2, 0.25) is 0 Å². The number of rotatable bonds is 5. The number of aryl methyl sites for hydroxylation is 1. The monoisotopic (exact) mass is 330 g/mol. The number of carbonyl (C=O) groups excluding carboxylic acids is 2. The highest BCUT2D eigenvalue weighted by atomic mass is 16.1. The van der Waals surface area contributed by atoms with Gasteiger partial charge in [-0.15, -0.1) is 0 Å². The van der Waals surface area contributed by atoms with Crippen LogP contribution < -0.4 is 0 Å². The lowest BCUT2D eigenvalue weighted by Gasteiger charge is -1.99. The van der Waals surface area contributed by atoms with Crippen molar-refractivity contribution in [3.8, 4) is 0 Å². The molecule has 2 nitrogen and oxygen atoms in total. The summed E-state index contributed by atoms with van der Waals surface area (Å²) in [4.78, 5) is 22.5. The fourth-order valence-electron chi connectivity index (χ4n) is 2.31. The van der Waals surface area contributed by atoms with Gasteiger partial charge >= 0.3 is 0 Å². The molecule has 0 aliphatic rings. The van der Waals surface area contributed by atoms with Crippen molar-refractivity contribution in [3.05, 3.63) is 108 Å². The molecule has 0 fully saturated rings. The second-order valence-corrected chi connectivity index (χ2v) is 5.75. The molecule has 0 aliphatic carbocycles. The molecule has 0 saturated heterocycles. The Hall–Kier alpha value is -3.00. The van der Waals surface area contributed by atoms with E-state index in [-0.39, 0.29) is 11.6 Å². The minimum absolute atomic E-state index is 0.0752. The standard InChI is InChI=1S/C13H10O.C10H12O/c14-13(11-7-3-1-4-8-11)12-9-5-2-6-10-12;1-9(11)7-8-10-5-3-2-4-6-10/h1-10H;2-6H,7-8H2,1H3. The topological polar surface area (TPSA) is 34.1 Å². The zero-order valence-electron chi connectivity index (χ0n) is 14.4. The van der Waals surface area contributed by atoms with Gasteiger partial charge in [-0.3, -0.25) is 4.79 Å². The highest BCUT2D eigenvalue weighted by Crippen LogP contribution is 2.08. The number of ketones is 2. The van der Waals surface area contributed by atoms with Gasteiger partial charge in [0.15, 0.2) is 5.78 Å². The van der Waals surface area contributed by atoms with Crippen LogP contribution in [0.1, 0.15) is 34.8 Å². The van der Waals surface area contributed by atoms with Crippen molar-refractivity contribution >= 4 is 11.6 Å². The molecule has 2 heteroatoms. The van der Waals surface area contributed by atoms with Gasteiger partial charge in [-0.25, -0.2) is 0 Å². The van der Waals surface area contributed by atoms with Crippen LogP contribution in [0.15, 0.2) is 91.0 Å². The predicted octanol–water partition coefficient (Wildman–Crippen LogP) is 5.13. The SMILES string of the molecule is CC(=O)CCc1ccccc1.O=C(c1ccccc1)c1ccccc1. The molecule has 3 aromatic carbocycles. The molecule has 3 aromatic rings. The second-order valence-electron chi connectivity index (χ2n) is 5.75. The molecule has 0 aliphatic heterocycles. The van der Waals surface area contributed by atoms with Crippen LogP contribution in [0.2, 0.25) is 0 Å². The van der Waals surface area contributed by atoms with Crippen molar-refractivity contribution in [1.82, 2.24) is 0 Å².